The van der Waals surface area contributed by atoms with E-state index in [0.717, 1.165) is 9.91 Å². The standard InChI is InChI=1S/C9H13AsO2/c1-6-3-4-8(5-9(6)12)10-7(2)11/h3-5,7,10-12H,1-2H3. The molecule has 0 amide bonds. The molecular formula is C9H13AsO2. The van der Waals surface area contributed by atoms with Crippen LogP contribution in [0.15, 0.2) is 18.2 Å². The molecule has 0 spiro atoms. The van der Waals surface area contributed by atoms with Crippen molar-refractivity contribution < 1.29 is 10.2 Å². The van der Waals surface area contributed by atoms with Gasteiger partial charge >= 0.3 is 78.6 Å². The molecule has 2 unspecified atom stereocenters. The second-order valence-electron chi connectivity index (χ2n) is 2.82. The molecule has 2 nitrogen and oxygen atoms in total. The average Bonchev–Trinajstić information content (AvgIpc) is 1.96. The molecule has 0 saturated heterocycles. The number of aromatic hydroxyl groups is 1. The van der Waals surface area contributed by atoms with Crippen molar-refractivity contribution in [2.45, 2.75) is 18.7 Å². The van der Waals surface area contributed by atoms with Crippen LogP contribution in [0, 0.1) is 6.92 Å². The number of hydrogen-bond donors (Lipinski definition) is 2. The number of rotatable bonds is 2. The fourth-order valence-corrected chi connectivity index (χ4v) is 2.79. The molecule has 0 radical (unpaired) electrons. The van der Waals surface area contributed by atoms with E-state index in [2.05, 4.69) is 0 Å². The SMILES string of the molecule is Cc1ccc([AsH]C(C)O)cc1O. The van der Waals surface area contributed by atoms with Crippen molar-refractivity contribution in [3.63, 3.8) is 0 Å². The van der Waals surface area contributed by atoms with Gasteiger partial charge in [-0.15, -0.1) is 0 Å². The molecule has 0 aliphatic rings. The molecule has 0 aliphatic heterocycles. The summed E-state index contributed by atoms with van der Waals surface area (Å²) in [6.07, 6.45) is 0. The number of aryl methyl sites for hydroxylation is 1. The molecule has 1 rings (SSSR count). The molecule has 0 aromatic heterocycles. The summed E-state index contributed by atoms with van der Waals surface area (Å²) in [5.41, 5.74) is 0.885. The maximum absolute atomic E-state index is 9.35. The number of benzene rings is 1. The summed E-state index contributed by atoms with van der Waals surface area (Å²) in [6.45, 7) is 3.65. The van der Waals surface area contributed by atoms with Crippen molar-refractivity contribution in [1.82, 2.24) is 0 Å². The Labute approximate surface area is 78.9 Å². The molecular weight excluding hydrogens is 215 g/mol. The molecule has 12 heavy (non-hydrogen) atoms. The molecule has 0 fully saturated rings. The molecule has 2 N–H and O–H groups in total. The average molecular weight is 228 g/mol. The first kappa shape index (κ1) is 9.63. The van der Waals surface area contributed by atoms with Gasteiger partial charge in [0.05, 0.1) is 0 Å². The Hall–Kier alpha value is -0.462. The molecule has 0 bridgehead atoms. The van der Waals surface area contributed by atoms with Crippen LogP contribution in [-0.2, 0) is 0 Å². The van der Waals surface area contributed by atoms with Gasteiger partial charge in [0, 0.05) is 0 Å². The zero-order valence-electron chi connectivity index (χ0n) is 7.20. The van der Waals surface area contributed by atoms with Crippen LogP contribution in [0.5, 0.6) is 5.75 Å². The topological polar surface area (TPSA) is 40.5 Å². The third kappa shape index (κ3) is 2.54. The van der Waals surface area contributed by atoms with E-state index in [4.69, 9.17) is 5.11 Å². The Balaban J connectivity index is 2.82. The summed E-state index contributed by atoms with van der Waals surface area (Å²) in [4.78, 5) is -0.230. The van der Waals surface area contributed by atoms with E-state index >= 15 is 0 Å². The zero-order chi connectivity index (χ0) is 9.14. The zero-order valence-corrected chi connectivity index (χ0v) is 9.30. The number of aliphatic hydroxyl groups is 1. The molecule has 2 atom stereocenters. The molecule has 1 aromatic rings. The van der Waals surface area contributed by atoms with Crippen LogP contribution < -0.4 is 4.35 Å². The van der Waals surface area contributed by atoms with Crippen LogP contribution in [0.2, 0.25) is 0 Å². The van der Waals surface area contributed by atoms with Crippen molar-refractivity contribution in [2.24, 2.45) is 0 Å². The van der Waals surface area contributed by atoms with Gasteiger partial charge in [-0.2, -0.15) is 0 Å². The van der Waals surface area contributed by atoms with E-state index in [1.807, 2.05) is 19.1 Å². The third-order valence-corrected chi connectivity index (χ3v) is 3.81. The van der Waals surface area contributed by atoms with Crippen molar-refractivity contribution in [3.05, 3.63) is 23.8 Å². The minimum atomic E-state index is -0.498. The molecule has 1 aromatic carbocycles. The first-order valence-electron chi connectivity index (χ1n) is 3.84. The van der Waals surface area contributed by atoms with Crippen LogP contribution in [0.1, 0.15) is 12.5 Å². The normalized spacial score (nSPS) is 13.9. The second kappa shape index (κ2) is 3.97. The van der Waals surface area contributed by atoms with E-state index in [1.165, 1.54) is 0 Å². The summed E-state index contributed by atoms with van der Waals surface area (Å²) in [6, 6.07) is 5.61. The first-order chi connectivity index (χ1) is 5.59. The number of aliphatic hydroxyl groups excluding tert-OH is 1. The van der Waals surface area contributed by atoms with Crippen LogP contribution in [0.4, 0.5) is 0 Å². The predicted octanol–water partition coefficient (Wildman–Crippen LogP) is 0.101. The quantitative estimate of drug-likeness (QED) is 0.705. The summed E-state index contributed by atoms with van der Waals surface area (Å²) in [5, 5.41) is 18.5. The van der Waals surface area contributed by atoms with Crippen LogP contribution in [0.25, 0.3) is 0 Å². The Bertz CT molecular complexity index is 271. The fraction of sp³-hybridized carbons (Fsp3) is 0.333. The molecule has 3 heteroatoms. The molecule has 0 heterocycles. The van der Waals surface area contributed by atoms with E-state index in [-0.39, 0.29) is 4.89 Å². The van der Waals surface area contributed by atoms with Gasteiger partial charge in [0.1, 0.15) is 0 Å². The van der Waals surface area contributed by atoms with E-state index in [9.17, 15) is 5.11 Å². The van der Waals surface area contributed by atoms with E-state index in [0.29, 0.717) is 5.75 Å². The summed E-state index contributed by atoms with van der Waals surface area (Å²) in [7, 11) is 0. The van der Waals surface area contributed by atoms with Gasteiger partial charge in [0.15, 0.2) is 0 Å². The van der Waals surface area contributed by atoms with Gasteiger partial charge in [0.2, 0.25) is 0 Å². The van der Waals surface area contributed by atoms with E-state index in [1.54, 1.807) is 13.0 Å². The molecule has 0 aliphatic carbocycles. The first-order valence-corrected chi connectivity index (χ1v) is 6.10. The monoisotopic (exact) mass is 228 g/mol. The fourth-order valence-electron chi connectivity index (χ4n) is 0.940. The Morgan fingerprint density at radius 2 is 2.08 bits per heavy atom. The number of hydrogen-bond acceptors (Lipinski definition) is 2. The molecule has 0 saturated carbocycles. The summed E-state index contributed by atoms with van der Waals surface area (Å²) >= 11 is -0.498. The molecule has 66 valence electrons. The Kier molecular flexibility index (Phi) is 3.19. The van der Waals surface area contributed by atoms with Crippen molar-refractivity contribution in [3.8, 4) is 5.75 Å². The van der Waals surface area contributed by atoms with Crippen LogP contribution in [0.3, 0.4) is 0 Å². The van der Waals surface area contributed by atoms with Crippen LogP contribution in [-0.4, -0.2) is 30.9 Å². The number of phenols is 1. The summed E-state index contributed by atoms with van der Waals surface area (Å²) < 4.78 is 1.09. The van der Waals surface area contributed by atoms with Crippen molar-refractivity contribution in [1.29, 1.82) is 0 Å². The van der Waals surface area contributed by atoms with E-state index < -0.39 is 15.8 Å². The summed E-state index contributed by atoms with van der Waals surface area (Å²) in [5.74, 6) is 0.330. The van der Waals surface area contributed by atoms with Gasteiger partial charge < -0.3 is 0 Å². The van der Waals surface area contributed by atoms with Gasteiger partial charge in [-0.3, -0.25) is 0 Å². The van der Waals surface area contributed by atoms with Crippen molar-refractivity contribution >= 4 is 20.1 Å². The predicted molar refractivity (Wildman–Crippen MR) is 51.3 cm³/mol. The second-order valence-corrected chi connectivity index (χ2v) is 6.39. The number of phenolic OH excluding ortho intramolecular Hbond substituents is 1. The van der Waals surface area contributed by atoms with Gasteiger partial charge in [0.25, 0.3) is 0 Å². The van der Waals surface area contributed by atoms with Crippen molar-refractivity contribution in [2.75, 3.05) is 0 Å². The van der Waals surface area contributed by atoms with Crippen LogP contribution >= 0.6 is 0 Å². The van der Waals surface area contributed by atoms with Gasteiger partial charge in [-0.25, -0.2) is 0 Å². The van der Waals surface area contributed by atoms with Gasteiger partial charge in [-0.05, 0) is 0 Å². The third-order valence-electron chi connectivity index (χ3n) is 1.58. The maximum atomic E-state index is 9.35. The Morgan fingerprint density at radius 3 is 2.58 bits per heavy atom. The Morgan fingerprint density at radius 1 is 1.42 bits per heavy atom. The minimum absolute atomic E-state index is 0.230. The van der Waals surface area contributed by atoms with Gasteiger partial charge in [-0.1, -0.05) is 0 Å².